The van der Waals surface area contributed by atoms with Crippen molar-refractivity contribution in [2.24, 2.45) is 0 Å². The first kappa shape index (κ1) is 17.0. The number of allylic oxidation sites excluding steroid dienone is 1. The Balaban J connectivity index is 2.69. The zero-order valence-electron chi connectivity index (χ0n) is 11.6. The summed E-state index contributed by atoms with van der Waals surface area (Å²) >= 11 is 0. The van der Waals surface area contributed by atoms with Gasteiger partial charge in [-0.1, -0.05) is 0 Å². The molecule has 1 N–H and O–H groups in total. The minimum atomic E-state index is -5.00. The number of aliphatic hydroxyl groups is 1. The Morgan fingerprint density at radius 2 is 1.86 bits per heavy atom. The molecule has 0 heterocycles. The van der Waals surface area contributed by atoms with Crippen LogP contribution >= 0.6 is 0 Å². The van der Waals surface area contributed by atoms with Gasteiger partial charge in [-0.2, -0.15) is 13.2 Å². The van der Waals surface area contributed by atoms with Crippen LogP contribution in [0.2, 0.25) is 0 Å². The largest absolute Gasteiger partial charge is 0.507 e. The number of carbonyl (C=O) groups excluding carboxylic acids is 1. The predicted octanol–water partition coefficient (Wildman–Crippen LogP) is 2.66. The maximum absolute atomic E-state index is 12.1. The minimum absolute atomic E-state index is 0.104. The molecule has 0 unspecified atom stereocenters. The van der Waals surface area contributed by atoms with E-state index in [4.69, 9.17) is 4.74 Å². The number of hydrogen-bond acceptors (Lipinski definition) is 4. The number of hydrogen-bond donors (Lipinski definition) is 1. The normalized spacial score (nSPS) is 12.6. The number of alkyl halides is 3. The fraction of sp³-hybridized carbons (Fsp3) is 0.357. The number of halogens is 3. The summed E-state index contributed by atoms with van der Waals surface area (Å²) in [5.74, 6) is -2.32. The van der Waals surface area contributed by atoms with Crippen LogP contribution in [0.3, 0.4) is 0 Å². The van der Waals surface area contributed by atoms with Crippen LogP contribution in [-0.2, 0) is 4.79 Å². The van der Waals surface area contributed by atoms with Crippen molar-refractivity contribution in [3.05, 3.63) is 35.9 Å². The van der Waals surface area contributed by atoms with Gasteiger partial charge in [0.25, 0.3) is 5.78 Å². The van der Waals surface area contributed by atoms with Crippen molar-refractivity contribution >= 4 is 11.5 Å². The van der Waals surface area contributed by atoms with Crippen LogP contribution in [0, 0.1) is 0 Å². The molecular formula is C14H16F3NO3. The molecule has 0 spiro atoms. The van der Waals surface area contributed by atoms with Crippen molar-refractivity contribution in [2.45, 2.75) is 6.18 Å². The van der Waals surface area contributed by atoms with E-state index >= 15 is 0 Å². The molecule has 0 saturated heterocycles. The van der Waals surface area contributed by atoms with Gasteiger partial charge in [0.1, 0.15) is 18.1 Å². The van der Waals surface area contributed by atoms with Crippen molar-refractivity contribution in [2.75, 3.05) is 27.2 Å². The molecule has 0 aromatic heterocycles. The third-order valence-corrected chi connectivity index (χ3v) is 2.50. The highest BCUT2D eigenvalue weighted by molar-refractivity contribution is 5.99. The summed E-state index contributed by atoms with van der Waals surface area (Å²) in [4.78, 5) is 12.7. The maximum atomic E-state index is 12.1. The molecule has 0 aliphatic rings. The van der Waals surface area contributed by atoms with Crippen LogP contribution < -0.4 is 4.74 Å². The highest BCUT2D eigenvalue weighted by Crippen LogP contribution is 2.21. The van der Waals surface area contributed by atoms with Gasteiger partial charge in [0, 0.05) is 18.2 Å². The zero-order valence-corrected chi connectivity index (χ0v) is 11.6. The lowest BCUT2D eigenvalue weighted by atomic mass is 10.1. The molecule has 0 saturated carbocycles. The Labute approximate surface area is 120 Å². The fourth-order valence-corrected chi connectivity index (χ4v) is 1.36. The van der Waals surface area contributed by atoms with E-state index in [0.29, 0.717) is 18.9 Å². The van der Waals surface area contributed by atoms with Crippen LogP contribution in [0.1, 0.15) is 5.56 Å². The fourth-order valence-electron chi connectivity index (χ4n) is 1.36. The van der Waals surface area contributed by atoms with E-state index in [-0.39, 0.29) is 11.6 Å². The molecule has 1 aromatic carbocycles. The highest BCUT2D eigenvalue weighted by atomic mass is 19.4. The number of ether oxygens (including phenoxy) is 1. The quantitative estimate of drug-likeness (QED) is 0.648. The molecular weight excluding hydrogens is 287 g/mol. The van der Waals surface area contributed by atoms with Crippen LogP contribution in [-0.4, -0.2) is 49.2 Å². The summed E-state index contributed by atoms with van der Waals surface area (Å²) in [6.45, 7) is 1.17. The molecule has 7 heteroatoms. The number of nitrogens with zero attached hydrogens (tertiary/aromatic N) is 1. The second-order valence-corrected chi connectivity index (χ2v) is 4.57. The third-order valence-electron chi connectivity index (χ3n) is 2.50. The minimum Gasteiger partial charge on any atom is -0.507 e. The second-order valence-electron chi connectivity index (χ2n) is 4.57. The van der Waals surface area contributed by atoms with E-state index in [2.05, 4.69) is 0 Å². The monoisotopic (exact) mass is 303 g/mol. The topological polar surface area (TPSA) is 49.8 Å². The first-order chi connectivity index (χ1) is 9.70. The van der Waals surface area contributed by atoms with Crippen LogP contribution in [0.15, 0.2) is 30.3 Å². The molecule has 0 radical (unpaired) electrons. The summed E-state index contributed by atoms with van der Waals surface area (Å²) in [5, 5.41) is 9.49. The van der Waals surface area contributed by atoms with Gasteiger partial charge < -0.3 is 14.7 Å². The Hall–Kier alpha value is -2.02. The van der Waals surface area contributed by atoms with Gasteiger partial charge in [-0.25, -0.2) is 0 Å². The van der Waals surface area contributed by atoms with Crippen LogP contribution in [0.5, 0.6) is 5.75 Å². The van der Waals surface area contributed by atoms with Crippen molar-refractivity contribution in [1.29, 1.82) is 0 Å². The molecule has 0 amide bonds. The number of aliphatic hydroxyl groups excluding tert-OH is 1. The van der Waals surface area contributed by atoms with Crippen LogP contribution in [0.4, 0.5) is 13.2 Å². The van der Waals surface area contributed by atoms with Gasteiger partial charge >= 0.3 is 6.18 Å². The summed E-state index contributed by atoms with van der Waals surface area (Å²) < 4.78 is 41.6. The van der Waals surface area contributed by atoms with Gasteiger partial charge in [0.15, 0.2) is 0 Å². The number of benzene rings is 1. The lowest BCUT2D eigenvalue weighted by molar-refractivity contribution is -0.165. The van der Waals surface area contributed by atoms with Gasteiger partial charge in [-0.05, 0) is 38.4 Å². The average molecular weight is 303 g/mol. The number of ketones is 1. The molecule has 0 bridgehead atoms. The third kappa shape index (κ3) is 5.86. The molecule has 0 atom stereocenters. The average Bonchev–Trinajstić information content (AvgIpc) is 2.37. The lowest BCUT2D eigenvalue weighted by Crippen LogP contribution is -2.20. The first-order valence-corrected chi connectivity index (χ1v) is 6.10. The molecule has 0 aliphatic carbocycles. The van der Waals surface area contributed by atoms with Crippen molar-refractivity contribution < 1.29 is 27.8 Å². The van der Waals surface area contributed by atoms with E-state index < -0.39 is 17.7 Å². The summed E-state index contributed by atoms with van der Waals surface area (Å²) in [7, 11) is 3.79. The van der Waals surface area contributed by atoms with Gasteiger partial charge in [-0.15, -0.1) is 0 Å². The van der Waals surface area contributed by atoms with Gasteiger partial charge in [0.2, 0.25) is 0 Å². The van der Waals surface area contributed by atoms with Crippen molar-refractivity contribution in [3.8, 4) is 5.75 Å². The Morgan fingerprint density at radius 3 is 2.33 bits per heavy atom. The Morgan fingerprint density at radius 1 is 1.29 bits per heavy atom. The lowest BCUT2D eigenvalue weighted by Gasteiger charge is -2.11. The van der Waals surface area contributed by atoms with Crippen LogP contribution in [0.25, 0.3) is 5.76 Å². The Bertz CT molecular complexity index is 507. The van der Waals surface area contributed by atoms with E-state index in [0.717, 1.165) is 0 Å². The first-order valence-electron chi connectivity index (χ1n) is 6.10. The van der Waals surface area contributed by atoms with Gasteiger partial charge in [0.05, 0.1) is 0 Å². The maximum Gasteiger partial charge on any atom is 0.454 e. The number of carbonyl (C=O) groups is 1. The standard InChI is InChI=1S/C14H16F3NO3/c1-18(2)7-8-21-11-5-3-10(4-6-11)12(19)9-13(20)14(15,16)17/h3-6,9,19H,7-8H2,1-2H3/b12-9-. The van der Waals surface area contributed by atoms with E-state index in [1.54, 1.807) is 0 Å². The van der Waals surface area contributed by atoms with Crippen molar-refractivity contribution in [3.63, 3.8) is 0 Å². The highest BCUT2D eigenvalue weighted by Gasteiger charge is 2.36. The molecule has 116 valence electrons. The smallest absolute Gasteiger partial charge is 0.454 e. The SMILES string of the molecule is CN(C)CCOc1ccc(/C(O)=C/C(=O)C(F)(F)F)cc1. The molecule has 4 nitrogen and oxygen atoms in total. The van der Waals surface area contributed by atoms with E-state index in [1.807, 2.05) is 19.0 Å². The van der Waals surface area contributed by atoms with E-state index in [1.165, 1.54) is 24.3 Å². The molecule has 0 fully saturated rings. The zero-order chi connectivity index (χ0) is 16.0. The molecule has 21 heavy (non-hydrogen) atoms. The summed E-state index contributed by atoms with van der Waals surface area (Å²) in [5.41, 5.74) is 0.104. The molecule has 1 aromatic rings. The predicted molar refractivity (Wildman–Crippen MR) is 72.2 cm³/mol. The number of rotatable bonds is 6. The molecule has 1 rings (SSSR count). The Kier molecular flexibility index (Phi) is 5.78. The molecule has 0 aliphatic heterocycles. The van der Waals surface area contributed by atoms with Crippen molar-refractivity contribution in [1.82, 2.24) is 4.90 Å². The number of likely N-dealkylation sites (N-methyl/N-ethyl adjacent to an activating group) is 1. The summed E-state index contributed by atoms with van der Waals surface area (Å²) in [6.07, 6.45) is -4.84. The van der Waals surface area contributed by atoms with E-state index in [9.17, 15) is 23.1 Å². The van der Waals surface area contributed by atoms with Gasteiger partial charge in [-0.3, -0.25) is 4.79 Å². The second kappa shape index (κ2) is 7.12. The summed E-state index contributed by atoms with van der Waals surface area (Å²) in [6, 6.07) is 5.77.